The lowest BCUT2D eigenvalue weighted by Gasteiger charge is -2.12. The van der Waals surface area contributed by atoms with E-state index >= 15 is 0 Å². The summed E-state index contributed by atoms with van der Waals surface area (Å²) in [6, 6.07) is 12.2. The molecular weight excluding hydrogens is 478 g/mol. The van der Waals surface area contributed by atoms with Crippen molar-refractivity contribution in [2.75, 3.05) is 30.4 Å². The number of carbonyl (C=O) groups is 1. The Morgan fingerprint density at radius 1 is 0.970 bits per heavy atom. The Kier molecular flexibility index (Phi) is 7.85. The summed E-state index contributed by atoms with van der Waals surface area (Å²) in [5.74, 6) is -1.90. The number of nitrogens with one attached hydrogen (secondary N) is 2. The van der Waals surface area contributed by atoms with E-state index in [1.807, 2.05) is 0 Å². The molecule has 1 amide bonds. The van der Waals surface area contributed by atoms with Crippen molar-refractivity contribution in [3.8, 4) is 5.75 Å². The molecule has 0 heterocycles. The van der Waals surface area contributed by atoms with Gasteiger partial charge >= 0.3 is 0 Å². The Labute approximate surface area is 194 Å². The average Bonchev–Trinajstić information content (AvgIpc) is 2.77. The van der Waals surface area contributed by atoms with E-state index in [0.29, 0.717) is 0 Å². The number of hydrogen-bond acceptors (Lipinski definition) is 5. The van der Waals surface area contributed by atoms with Gasteiger partial charge in [0, 0.05) is 30.1 Å². The number of methoxy groups -OCH3 is 1. The second kappa shape index (κ2) is 10.6. The van der Waals surface area contributed by atoms with Crippen LogP contribution in [0.5, 0.6) is 5.75 Å². The molecule has 3 rings (SSSR count). The van der Waals surface area contributed by atoms with Crippen molar-refractivity contribution in [2.45, 2.75) is 4.90 Å². The van der Waals surface area contributed by atoms with Gasteiger partial charge in [0.1, 0.15) is 17.3 Å². The summed E-state index contributed by atoms with van der Waals surface area (Å²) in [6.07, 6.45) is 0. The van der Waals surface area contributed by atoms with Gasteiger partial charge in [0.25, 0.3) is 15.9 Å². The highest BCUT2D eigenvalue weighted by Crippen LogP contribution is 2.26. The van der Waals surface area contributed by atoms with Crippen molar-refractivity contribution in [2.24, 2.45) is 0 Å². The lowest BCUT2D eigenvalue weighted by molar-refractivity contribution is 0.102. The van der Waals surface area contributed by atoms with Crippen LogP contribution in [0.3, 0.4) is 0 Å². The van der Waals surface area contributed by atoms with Crippen LogP contribution in [0.2, 0.25) is 5.02 Å². The van der Waals surface area contributed by atoms with Crippen LogP contribution in [0.1, 0.15) is 10.4 Å². The quantitative estimate of drug-likeness (QED) is 0.419. The second-order valence-electron chi connectivity index (χ2n) is 6.70. The maximum atomic E-state index is 14.2. The molecule has 0 aliphatic heterocycles. The van der Waals surface area contributed by atoms with Gasteiger partial charge in [-0.05, 0) is 54.6 Å². The number of halogens is 3. The van der Waals surface area contributed by atoms with Gasteiger partial charge < -0.3 is 14.8 Å². The highest BCUT2D eigenvalue weighted by molar-refractivity contribution is 7.92. The third-order valence-electron chi connectivity index (χ3n) is 4.31. The van der Waals surface area contributed by atoms with Gasteiger partial charge in [0.2, 0.25) is 0 Å². The van der Waals surface area contributed by atoms with Crippen molar-refractivity contribution in [1.82, 2.24) is 0 Å². The molecule has 0 spiro atoms. The van der Waals surface area contributed by atoms with Gasteiger partial charge in [0.15, 0.2) is 11.6 Å². The van der Waals surface area contributed by atoms with Crippen LogP contribution in [0.15, 0.2) is 65.6 Å². The Hall–Kier alpha value is -3.21. The van der Waals surface area contributed by atoms with Crippen molar-refractivity contribution < 1.29 is 31.5 Å². The standard InChI is InChI=1S/C22H19ClF2N2O5S/c1-31-10-11-32-20-9-7-17(13-19(20)25)26-22(28)14-2-8-18(23)21(12-14)33(29,30)27-16-5-3-15(24)4-6-16/h2-9,12-13,27H,10-11H2,1H3,(H,26,28). The molecule has 0 aliphatic carbocycles. The first-order valence-electron chi connectivity index (χ1n) is 9.50. The van der Waals surface area contributed by atoms with Gasteiger partial charge in [-0.15, -0.1) is 0 Å². The minimum absolute atomic E-state index is 0.00297. The first-order valence-corrected chi connectivity index (χ1v) is 11.4. The highest BCUT2D eigenvalue weighted by atomic mass is 35.5. The number of carbonyl (C=O) groups excluding carboxylic acids is 1. The number of rotatable bonds is 9. The van der Waals surface area contributed by atoms with Crippen LogP contribution in [-0.2, 0) is 14.8 Å². The number of sulfonamides is 1. The molecule has 7 nitrogen and oxygen atoms in total. The summed E-state index contributed by atoms with van der Waals surface area (Å²) in [7, 11) is -2.69. The van der Waals surface area contributed by atoms with Crippen LogP contribution < -0.4 is 14.8 Å². The lowest BCUT2D eigenvalue weighted by atomic mass is 10.2. The van der Waals surface area contributed by atoms with Crippen molar-refractivity contribution in [3.05, 3.63) is 82.9 Å². The maximum Gasteiger partial charge on any atom is 0.263 e. The third-order valence-corrected chi connectivity index (χ3v) is 6.18. The molecule has 11 heteroatoms. The zero-order chi connectivity index (χ0) is 24.0. The normalized spacial score (nSPS) is 11.2. The Balaban J connectivity index is 1.77. The minimum Gasteiger partial charge on any atom is -0.488 e. The Morgan fingerprint density at radius 2 is 1.67 bits per heavy atom. The van der Waals surface area contributed by atoms with E-state index in [2.05, 4.69) is 10.0 Å². The van der Waals surface area contributed by atoms with Crippen LogP contribution in [0.25, 0.3) is 0 Å². The van der Waals surface area contributed by atoms with E-state index < -0.39 is 27.6 Å². The molecule has 0 saturated heterocycles. The summed E-state index contributed by atoms with van der Waals surface area (Å²) >= 11 is 6.04. The van der Waals surface area contributed by atoms with E-state index in [4.69, 9.17) is 21.1 Å². The van der Waals surface area contributed by atoms with E-state index in [1.165, 1.54) is 43.5 Å². The van der Waals surface area contributed by atoms with Gasteiger partial charge in [-0.3, -0.25) is 9.52 Å². The second-order valence-corrected chi connectivity index (χ2v) is 8.76. The number of ether oxygens (including phenoxy) is 2. The first-order chi connectivity index (χ1) is 15.7. The largest absolute Gasteiger partial charge is 0.488 e. The maximum absolute atomic E-state index is 14.2. The van der Waals surface area contributed by atoms with E-state index in [0.717, 1.165) is 24.3 Å². The van der Waals surface area contributed by atoms with E-state index in [1.54, 1.807) is 0 Å². The van der Waals surface area contributed by atoms with Crippen LogP contribution in [0.4, 0.5) is 20.2 Å². The summed E-state index contributed by atoms with van der Waals surface area (Å²) in [5.41, 5.74) is 0.228. The predicted octanol–water partition coefficient (Wildman–Crippen LogP) is 4.70. The molecule has 0 unspecified atom stereocenters. The fraction of sp³-hybridized carbons (Fsp3) is 0.136. The van der Waals surface area contributed by atoms with E-state index in [-0.39, 0.29) is 45.8 Å². The average molecular weight is 497 g/mol. The molecule has 2 N–H and O–H groups in total. The van der Waals surface area contributed by atoms with Crippen LogP contribution in [-0.4, -0.2) is 34.6 Å². The van der Waals surface area contributed by atoms with Gasteiger partial charge in [0.05, 0.1) is 11.6 Å². The number of amides is 1. The number of benzene rings is 3. The van der Waals surface area contributed by atoms with Gasteiger partial charge in [-0.25, -0.2) is 17.2 Å². The summed E-state index contributed by atoms with van der Waals surface area (Å²) in [5, 5.41) is 2.37. The summed E-state index contributed by atoms with van der Waals surface area (Å²) in [6.45, 7) is 0.447. The third kappa shape index (κ3) is 6.41. The molecule has 0 atom stereocenters. The lowest BCUT2D eigenvalue weighted by Crippen LogP contribution is -2.16. The first kappa shape index (κ1) is 24.4. The Morgan fingerprint density at radius 3 is 2.33 bits per heavy atom. The molecular formula is C22H19ClF2N2O5S. The summed E-state index contributed by atoms with van der Waals surface area (Å²) < 4.78 is 65.1. The molecule has 0 aromatic heterocycles. The molecule has 0 aliphatic rings. The fourth-order valence-corrected chi connectivity index (χ4v) is 4.30. The molecule has 0 fully saturated rings. The van der Waals surface area contributed by atoms with Gasteiger partial charge in [-0.2, -0.15) is 0 Å². The van der Waals surface area contributed by atoms with Crippen molar-refractivity contribution in [1.29, 1.82) is 0 Å². The van der Waals surface area contributed by atoms with Crippen LogP contribution in [0, 0.1) is 11.6 Å². The molecule has 33 heavy (non-hydrogen) atoms. The predicted molar refractivity (Wildman–Crippen MR) is 120 cm³/mol. The van der Waals surface area contributed by atoms with E-state index in [9.17, 15) is 22.0 Å². The zero-order valence-corrected chi connectivity index (χ0v) is 18.8. The monoisotopic (exact) mass is 496 g/mol. The minimum atomic E-state index is -4.18. The highest BCUT2D eigenvalue weighted by Gasteiger charge is 2.21. The molecule has 174 valence electrons. The molecule has 3 aromatic rings. The zero-order valence-electron chi connectivity index (χ0n) is 17.3. The molecule has 0 radical (unpaired) electrons. The van der Waals surface area contributed by atoms with Crippen molar-refractivity contribution >= 4 is 38.9 Å². The van der Waals surface area contributed by atoms with Crippen molar-refractivity contribution in [3.63, 3.8) is 0 Å². The fourth-order valence-electron chi connectivity index (χ4n) is 2.71. The van der Waals surface area contributed by atoms with Crippen LogP contribution >= 0.6 is 11.6 Å². The number of hydrogen-bond donors (Lipinski definition) is 2. The van der Waals surface area contributed by atoms with Gasteiger partial charge in [-0.1, -0.05) is 11.6 Å². The Bertz CT molecular complexity index is 1250. The number of anilines is 2. The summed E-state index contributed by atoms with van der Waals surface area (Å²) in [4.78, 5) is 12.3. The SMILES string of the molecule is COCCOc1ccc(NC(=O)c2ccc(Cl)c(S(=O)(=O)Nc3ccc(F)cc3)c2)cc1F. The molecule has 0 saturated carbocycles. The molecule has 0 bridgehead atoms. The molecule has 3 aromatic carbocycles. The topological polar surface area (TPSA) is 93.7 Å². The smallest absolute Gasteiger partial charge is 0.263 e.